The first-order valence-electron chi connectivity index (χ1n) is 3.93. The number of aromatic nitrogens is 1. The Morgan fingerprint density at radius 3 is 3.07 bits per heavy atom. The summed E-state index contributed by atoms with van der Waals surface area (Å²) >= 11 is 7.97. The minimum Gasteiger partial charge on any atom is -0.429 e. The SMILES string of the molecule is O=C(CBr)c1cccc2oc(=S)[nH]c12. The van der Waals surface area contributed by atoms with E-state index in [1.165, 1.54) is 0 Å². The fourth-order valence-electron chi connectivity index (χ4n) is 1.28. The second-order valence-corrected chi connectivity index (χ2v) is 3.68. The Hall–Kier alpha value is -0.940. The molecular formula is C9H6BrNO2S. The van der Waals surface area contributed by atoms with Gasteiger partial charge >= 0.3 is 0 Å². The van der Waals surface area contributed by atoms with Crippen LogP contribution in [0.4, 0.5) is 0 Å². The third-order valence-electron chi connectivity index (χ3n) is 1.88. The second kappa shape index (κ2) is 3.67. The maximum absolute atomic E-state index is 11.5. The molecule has 3 nitrogen and oxygen atoms in total. The van der Waals surface area contributed by atoms with E-state index in [0.717, 1.165) is 0 Å². The summed E-state index contributed by atoms with van der Waals surface area (Å²) in [6.07, 6.45) is 0. The molecule has 0 unspecified atom stereocenters. The Morgan fingerprint density at radius 1 is 1.57 bits per heavy atom. The molecule has 2 rings (SSSR count). The van der Waals surface area contributed by atoms with Crippen molar-refractivity contribution in [3.8, 4) is 0 Å². The summed E-state index contributed by atoms with van der Waals surface area (Å²) in [4.78, 5) is 14.6. The first-order chi connectivity index (χ1) is 6.72. The third-order valence-corrected chi connectivity index (χ3v) is 2.57. The highest BCUT2D eigenvalue weighted by atomic mass is 79.9. The van der Waals surface area contributed by atoms with Gasteiger partial charge in [-0.25, -0.2) is 0 Å². The summed E-state index contributed by atoms with van der Waals surface area (Å²) in [5.41, 5.74) is 1.88. The van der Waals surface area contributed by atoms with Gasteiger partial charge in [-0.1, -0.05) is 22.0 Å². The topological polar surface area (TPSA) is 46.0 Å². The van der Waals surface area contributed by atoms with Crippen molar-refractivity contribution in [2.45, 2.75) is 0 Å². The number of para-hydroxylation sites is 1. The molecule has 14 heavy (non-hydrogen) atoms. The molecule has 0 saturated carbocycles. The molecular weight excluding hydrogens is 266 g/mol. The van der Waals surface area contributed by atoms with E-state index in [-0.39, 0.29) is 16.0 Å². The predicted molar refractivity (Wildman–Crippen MR) is 59.5 cm³/mol. The van der Waals surface area contributed by atoms with E-state index in [0.29, 0.717) is 16.7 Å². The lowest BCUT2D eigenvalue weighted by molar-refractivity contribution is 0.102. The van der Waals surface area contributed by atoms with Gasteiger partial charge in [0.1, 0.15) is 0 Å². The van der Waals surface area contributed by atoms with E-state index < -0.39 is 0 Å². The molecule has 0 saturated heterocycles. The van der Waals surface area contributed by atoms with Gasteiger partial charge in [0.15, 0.2) is 11.4 Å². The van der Waals surface area contributed by atoms with Crippen molar-refractivity contribution >= 4 is 45.0 Å². The van der Waals surface area contributed by atoms with E-state index in [1.54, 1.807) is 18.2 Å². The number of hydrogen-bond acceptors (Lipinski definition) is 3. The molecule has 0 amide bonds. The van der Waals surface area contributed by atoms with Crippen molar-refractivity contribution in [2.75, 3.05) is 5.33 Å². The standard InChI is InChI=1S/C9H6BrNO2S/c10-4-6(12)5-2-1-3-7-8(5)11-9(14)13-7/h1-3H,4H2,(H,11,14). The van der Waals surface area contributed by atoms with Gasteiger partial charge in [-0.3, -0.25) is 4.79 Å². The molecule has 0 aliphatic carbocycles. The maximum atomic E-state index is 11.5. The molecule has 0 fully saturated rings. The molecule has 0 aliphatic heterocycles. The summed E-state index contributed by atoms with van der Waals surface area (Å²) in [7, 11) is 0. The van der Waals surface area contributed by atoms with E-state index >= 15 is 0 Å². The van der Waals surface area contributed by atoms with Gasteiger partial charge in [0, 0.05) is 5.56 Å². The van der Waals surface area contributed by atoms with Crippen LogP contribution in [0.3, 0.4) is 0 Å². The van der Waals surface area contributed by atoms with Gasteiger partial charge in [0.2, 0.25) is 0 Å². The van der Waals surface area contributed by atoms with E-state index in [9.17, 15) is 4.79 Å². The molecule has 1 aromatic carbocycles. The molecule has 1 heterocycles. The van der Waals surface area contributed by atoms with Gasteiger partial charge in [0.05, 0.1) is 10.8 Å². The Morgan fingerprint density at radius 2 is 2.36 bits per heavy atom. The molecule has 0 aliphatic rings. The number of hydrogen-bond donors (Lipinski definition) is 1. The Bertz CT molecular complexity index is 543. The molecule has 0 atom stereocenters. The Balaban J connectivity index is 2.76. The number of H-pyrrole nitrogens is 1. The van der Waals surface area contributed by atoms with Crippen LogP contribution >= 0.6 is 28.1 Å². The largest absolute Gasteiger partial charge is 0.429 e. The van der Waals surface area contributed by atoms with Crippen molar-refractivity contribution in [3.63, 3.8) is 0 Å². The number of carbonyl (C=O) groups is 1. The average molecular weight is 272 g/mol. The number of Topliss-reactive ketones (excluding diaryl/α,β-unsaturated/α-hetero) is 1. The second-order valence-electron chi connectivity index (χ2n) is 2.75. The fraction of sp³-hybridized carbons (Fsp3) is 0.111. The van der Waals surface area contributed by atoms with Crippen LogP contribution in [-0.4, -0.2) is 16.1 Å². The number of halogens is 1. The van der Waals surface area contributed by atoms with Crippen LogP contribution in [0.5, 0.6) is 0 Å². The van der Waals surface area contributed by atoms with Crippen LogP contribution in [-0.2, 0) is 0 Å². The van der Waals surface area contributed by atoms with Gasteiger partial charge in [-0.15, -0.1) is 0 Å². The van der Waals surface area contributed by atoms with Gasteiger partial charge < -0.3 is 9.40 Å². The lowest BCUT2D eigenvalue weighted by Gasteiger charge is -1.96. The number of fused-ring (bicyclic) bond motifs is 1. The number of ketones is 1. The maximum Gasteiger partial charge on any atom is 0.266 e. The highest BCUT2D eigenvalue weighted by Crippen LogP contribution is 2.18. The molecule has 72 valence electrons. The van der Waals surface area contributed by atoms with Crippen LogP contribution < -0.4 is 0 Å². The quantitative estimate of drug-likeness (QED) is 0.519. The van der Waals surface area contributed by atoms with Crippen molar-refractivity contribution in [1.29, 1.82) is 0 Å². The predicted octanol–water partition coefficient (Wildman–Crippen LogP) is 3.07. The number of benzene rings is 1. The van der Waals surface area contributed by atoms with Crippen LogP contribution in [0.2, 0.25) is 0 Å². The lowest BCUT2D eigenvalue weighted by Crippen LogP contribution is -2.00. The summed E-state index contributed by atoms with van der Waals surface area (Å²) in [5, 5.41) is 0.290. The summed E-state index contributed by atoms with van der Waals surface area (Å²) < 4.78 is 5.19. The van der Waals surface area contributed by atoms with Gasteiger partial charge in [-0.05, 0) is 24.4 Å². The lowest BCUT2D eigenvalue weighted by atomic mass is 10.1. The molecule has 1 N–H and O–H groups in total. The molecule has 0 bridgehead atoms. The van der Waals surface area contributed by atoms with Crippen LogP contribution in [0.25, 0.3) is 11.1 Å². The molecule has 0 radical (unpaired) electrons. The normalized spacial score (nSPS) is 10.6. The van der Waals surface area contributed by atoms with E-state index in [1.807, 2.05) is 0 Å². The summed E-state index contributed by atoms with van der Waals surface area (Å²) in [5.74, 6) is 0.00245. The molecule has 2 aromatic rings. The van der Waals surface area contributed by atoms with E-state index in [4.69, 9.17) is 16.6 Å². The number of nitrogens with one attached hydrogen (secondary N) is 1. The zero-order chi connectivity index (χ0) is 10.1. The Kier molecular flexibility index (Phi) is 2.52. The number of oxazole rings is 1. The highest BCUT2D eigenvalue weighted by molar-refractivity contribution is 9.09. The van der Waals surface area contributed by atoms with Gasteiger partial charge in [-0.2, -0.15) is 0 Å². The highest BCUT2D eigenvalue weighted by Gasteiger charge is 2.10. The number of rotatable bonds is 2. The molecule has 0 spiro atoms. The fourth-order valence-corrected chi connectivity index (χ4v) is 1.77. The minimum atomic E-state index is 0.00245. The zero-order valence-electron chi connectivity index (χ0n) is 7.04. The average Bonchev–Trinajstić information content (AvgIpc) is 2.56. The first-order valence-corrected chi connectivity index (χ1v) is 5.46. The van der Waals surface area contributed by atoms with Crippen LogP contribution in [0, 0.1) is 4.84 Å². The first kappa shape index (κ1) is 9.61. The minimum absolute atomic E-state index is 0.00245. The monoisotopic (exact) mass is 271 g/mol. The third kappa shape index (κ3) is 1.53. The van der Waals surface area contributed by atoms with Gasteiger partial charge in [0.25, 0.3) is 4.84 Å². The number of carbonyl (C=O) groups excluding carboxylic acids is 1. The van der Waals surface area contributed by atoms with Crippen LogP contribution in [0.15, 0.2) is 22.6 Å². The summed E-state index contributed by atoms with van der Waals surface area (Å²) in [6.45, 7) is 0. The van der Waals surface area contributed by atoms with Crippen molar-refractivity contribution in [1.82, 2.24) is 4.98 Å². The van der Waals surface area contributed by atoms with Crippen LogP contribution in [0.1, 0.15) is 10.4 Å². The smallest absolute Gasteiger partial charge is 0.266 e. The zero-order valence-corrected chi connectivity index (χ0v) is 9.44. The van der Waals surface area contributed by atoms with Crippen molar-refractivity contribution < 1.29 is 9.21 Å². The van der Waals surface area contributed by atoms with E-state index in [2.05, 4.69) is 20.9 Å². The number of aromatic amines is 1. The Labute approximate surface area is 93.2 Å². The molecule has 5 heteroatoms. The van der Waals surface area contributed by atoms with Crippen molar-refractivity contribution in [3.05, 3.63) is 28.6 Å². The number of alkyl halides is 1. The molecule has 1 aromatic heterocycles. The summed E-state index contributed by atoms with van der Waals surface area (Å²) in [6, 6.07) is 5.28. The van der Waals surface area contributed by atoms with Crippen molar-refractivity contribution in [2.24, 2.45) is 0 Å².